The van der Waals surface area contributed by atoms with Crippen LogP contribution in [-0.2, 0) is 21.4 Å². The monoisotopic (exact) mass is 502 g/mol. The Kier molecular flexibility index (Phi) is 7.03. The van der Waals surface area contributed by atoms with E-state index in [2.05, 4.69) is 0 Å². The number of anilines is 1. The molecule has 8 nitrogen and oxygen atoms in total. The molecule has 4 rings (SSSR count). The van der Waals surface area contributed by atoms with E-state index >= 15 is 0 Å². The van der Waals surface area contributed by atoms with Gasteiger partial charge in [0.05, 0.1) is 24.1 Å². The zero-order chi connectivity index (χ0) is 26.8. The number of imide groups is 1. The number of carbonyl (C=O) groups excluding carboxylic acids is 2. The van der Waals surface area contributed by atoms with Crippen LogP contribution < -0.4 is 9.64 Å². The summed E-state index contributed by atoms with van der Waals surface area (Å²) < 4.78 is 10.9. The van der Waals surface area contributed by atoms with E-state index < -0.39 is 40.4 Å². The first kappa shape index (κ1) is 25.9. The number of hydrogen-bond acceptors (Lipinski definition) is 6. The van der Waals surface area contributed by atoms with E-state index in [1.165, 1.54) is 0 Å². The molecule has 1 heterocycles. The molecule has 0 spiro atoms. The van der Waals surface area contributed by atoms with Crippen LogP contribution in [-0.4, -0.2) is 36.2 Å². The fourth-order valence-corrected chi connectivity index (χ4v) is 5.04. The number of rotatable bonds is 7. The second-order valence-electron chi connectivity index (χ2n) is 10.1. The van der Waals surface area contributed by atoms with E-state index in [-0.39, 0.29) is 6.42 Å². The first-order valence-corrected chi connectivity index (χ1v) is 12.0. The van der Waals surface area contributed by atoms with Crippen LogP contribution in [0.5, 0.6) is 5.75 Å². The average molecular weight is 503 g/mol. The number of para-hydroxylation sites is 1. The molecule has 3 aromatic rings. The number of carbonyl (C=O) groups is 2. The van der Waals surface area contributed by atoms with Gasteiger partial charge >= 0.3 is 6.09 Å². The SMILES string of the molecule is COc1ccc(C[C@@]2([C@H](C[N+](=O)[O-])c3ccccc3)C(=O)N(C(=O)OC(C)(C)C)c3ccccc32)cc1. The zero-order valence-corrected chi connectivity index (χ0v) is 21.3. The summed E-state index contributed by atoms with van der Waals surface area (Å²) in [4.78, 5) is 40.5. The molecule has 0 bridgehead atoms. The van der Waals surface area contributed by atoms with Crippen LogP contribution >= 0.6 is 0 Å². The van der Waals surface area contributed by atoms with Crippen molar-refractivity contribution in [3.05, 3.63) is 106 Å². The molecule has 0 unspecified atom stereocenters. The molecule has 0 saturated carbocycles. The van der Waals surface area contributed by atoms with E-state index in [1.807, 2.05) is 18.2 Å². The van der Waals surface area contributed by atoms with Gasteiger partial charge in [-0.15, -0.1) is 0 Å². The first-order chi connectivity index (χ1) is 17.6. The summed E-state index contributed by atoms with van der Waals surface area (Å²) in [7, 11) is 1.56. The van der Waals surface area contributed by atoms with Gasteiger partial charge in [-0.05, 0) is 62.1 Å². The Balaban J connectivity index is 1.96. The summed E-state index contributed by atoms with van der Waals surface area (Å²) in [5, 5.41) is 12.0. The number of hydrogen-bond donors (Lipinski definition) is 0. The van der Waals surface area contributed by atoms with Crippen molar-refractivity contribution in [1.29, 1.82) is 0 Å². The highest BCUT2D eigenvalue weighted by atomic mass is 16.6. The van der Waals surface area contributed by atoms with Crippen molar-refractivity contribution in [1.82, 2.24) is 0 Å². The van der Waals surface area contributed by atoms with Gasteiger partial charge in [-0.3, -0.25) is 14.9 Å². The number of nitrogens with zero attached hydrogens (tertiary/aromatic N) is 2. The second kappa shape index (κ2) is 10.0. The van der Waals surface area contributed by atoms with Gasteiger partial charge in [0.1, 0.15) is 11.4 Å². The fourth-order valence-electron chi connectivity index (χ4n) is 5.04. The van der Waals surface area contributed by atoms with Gasteiger partial charge in [0, 0.05) is 4.92 Å². The predicted molar refractivity (Wildman–Crippen MR) is 140 cm³/mol. The molecule has 1 aliphatic rings. The maximum atomic E-state index is 14.5. The number of fused-ring (bicyclic) bond motifs is 1. The summed E-state index contributed by atoms with van der Waals surface area (Å²) in [5.74, 6) is -0.752. The van der Waals surface area contributed by atoms with E-state index in [0.29, 0.717) is 22.6 Å². The minimum Gasteiger partial charge on any atom is -0.497 e. The largest absolute Gasteiger partial charge is 0.497 e. The summed E-state index contributed by atoms with van der Waals surface area (Å²) in [6.45, 7) is 4.67. The van der Waals surface area contributed by atoms with E-state index in [4.69, 9.17) is 9.47 Å². The number of amides is 2. The van der Waals surface area contributed by atoms with E-state index in [0.717, 1.165) is 10.5 Å². The van der Waals surface area contributed by atoms with Crippen LogP contribution in [0.25, 0.3) is 0 Å². The fraction of sp³-hybridized carbons (Fsp3) is 0.310. The lowest BCUT2D eigenvalue weighted by Crippen LogP contribution is -2.50. The third-order valence-corrected chi connectivity index (χ3v) is 6.56. The molecule has 0 aromatic heterocycles. The van der Waals surface area contributed by atoms with Gasteiger partial charge < -0.3 is 9.47 Å². The summed E-state index contributed by atoms with van der Waals surface area (Å²) in [6.07, 6.45) is -0.672. The van der Waals surface area contributed by atoms with Gasteiger partial charge in [0.2, 0.25) is 12.5 Å². The van der Waals surface area contributed by atoms with Gasteiger partial charge in [-0.2, -0.15) is 0 Å². The van der Waals surface area contributed by atoms with Crippen LogP contribution in [0.2, 0.25) is 0 Å². The Morgan fingerprint density at radius 1 is 1.00 bits per heavy atom. The zero-order valence-electron chi connectivity index (χ0n) is 21.3. The van der Waals surface area contributed by atoms with E-state index in [1.54, 1.807) is 88.5 Å². The molecule has 0 N–H and O–H groups in total. The van der Waals surface area contributed by atoms with Crippen molar-refractivity contribution in [2.75, 3.05) is 18.6 Å². The molecule has 3 aromatic carbocycles. The Morgan fingerprint density at radius 3 is 2.22 bits per heavy atom. The van der Waals surface area contributed by atoms with Gasteiger partial charge in [0.25, 0.3) is 0 Å². The lowest BCUT2D eigenvalue weighted by Gasteiger charge is -2.35. The van der Waals surface area contributed by atoms with Crippen molar-refractivity contribution in [2.24, 2.45) is 0 Å². The summed E-state index contributed by atoms with van der Waals surface area (Å²) in [6, 6.07) is 23.2. The molecule has 0 aliphatic carbocycles. The normalized spacial score (nSPS) is 17.7. The molecule has 192 valence electrons. The topological polar surface area (TPSA) is 99.0 Å². The van der Waals surface area contributed by atoms with Crippen molar-refractivity contribution in [3.8, 4) is 5.75 Å². The Hall–Kier alpha value is -4.20. The Labute approximate surface area is 216 Å². The lowest BCUT2D eigenvalue weighted by molar-refractivity contribution is -0.485. The molecule has 0 radical (unpaired) electrons. The molecule has 0 saturated heterocycles. The predicted octanol–water partition coefficient (Wildman–Crippen LogP) is 5.52. The highest BCUT2D eigenvalue weighted by Crippen LogP contribution is 2.52. The maximum absolute atomic E-state index is 14.5. The highest BCUT2D eigenvalue weighted by Gasteiger charge is 2.59. The lowest BCUT2D eigenvalue weighted by atomic mass is 9.65. The average Bonchev–Trinajstić information content (AvgIpc) is 3.10. The molecule has 2 atom stereocenters. The Bertz CT molecular complexity index is 1300. The van der Waals surface area contributed by atoms with Crippen molar-refractivity contribution in [3.63, 3.8) is 0 Å². The number of benzene rings is 3. The van der Waals surface area contributed by atoms with Crippen molar-refractivity contribution < 1.29 is 24.0 Å². The quantitative estimate of drug-likeness (QED) is 0.312. The van der Waals surface area contributed by atoms with Gasteiger partial charge in [0.15, 0.2) is 0 Å². The third kappa shape index (κ3) is 5.05. The van der Waals surface area contributed by atoms with Crippen LogP contribution in [0.3, 0.4) is 0 Å². The van der Waals surface area contributed by atoms with Gasteiger partial charge in [-0.25, -0.2) is 9.69 Å². The molecule has 0 fully saturated rings. The minimum atomic E-state index is -1.43. The number of nitro groups is 1. The first-order valence-electron chi connectivity index (χ1n) is 12.0. The van der Waals surface area contributed by atoms with Gasteiger partial charge in [-0.1, -0.05) is 60.7 Å². The Morgan fingerprint density at radius 2 is 1.62 bits per heavy atom. The number of methoxy groups -OCH3 is 1. The summed E-state index contributed by atoms with van der Waals surface area (Å²) in [5.41, 5.74) is 0.0714. The maximum Gasteiger partial charge on any atom is 0.421 e. The highest BCUT2D eigenvalue weighted by molar-refractivity contribution is 6.21. The van der Waals surface area contributed by atoms with Crippen molar-refractivity contribution >= 4 is 17.7 Å². The van der Waals surface area contributed by atoms with Crippen LogP contribution in [0.15, 0.2) is 78.9 Å². The van der Waals surface area contributed by atoms with Crippen LogP contribution in [0.4, 0.5) is 10.5 Å². The molecular formula is C29H30N2O6. The van der Waals surface area contributed by atoms with Crippen molar-refractivity contribution in [2.45, 2.75) is 44.1 Å². The molecular weight excluding hydrogens is 472 g/mol. The van der Waals surface area contributed by atoms with E-state index in [9.17, 15) is 19.7 Å². The van der Waals surface area contributed by atoms with Crippen LogP contribution in [0.1, 0.15) is 43.4 Å². The van der Waals surface area contributed by atoms with Crippen LogP contribution in [0, 0.1) is 10.1 Å². The molecule has 1 aliphatic heterocycles. The molecule has 2 amide bonds. The molecule has 37 heavy (non-hydrogen) atoms. The third-order valence-electron chi connectivity index (χ3n) is 6.56. The minimum absolute atomic E-state index is 0.138. The smallest absolute Gasteiger partial charge is 0.421 e. The number of ether oxygens (including phenoxy) is 2. The second-order valence-corrected chi connectivity index (χ2v) is 10.1. The summed E-state index contributed by atoms with van der Waals surface area (Å²) >= 11 is 0. The molecule has 8 heteroatoms. The standard InChI is InChI=1S/C29H30N2O6/c1-28(2,3)37-27(33)31-25-13-9-8-12-23(25)29(26(31)32,18-20-14-16-22(36-4)17-15-20)24(19-30(34)35)21-10-6-5-7-11-21/h5-17,24H,18-19H2,1-4H3/t24-,29-/m1/s1.